The first-order valence-electron chi connectivity index (χ1n) is 8.93. The number of carbonyl (C=O) groups excluding carboxylic acids is 2. The molecule has 0 aliphatic carbocycles. The van der Waals surface area contributed by atoms with Crippen LogP contribution in [0.1, 0.15) is 32.3 Å². The minimum atomic E-state index is -0.715. The fourth-order valence-corrected chi connectivity index (χ4v) is 2.79. The molecule has 0 unspecified atom stereocenters. The number of hydrogen-bond acceptors (Lipinski definition) is 6. The summed E-state index contributed by atoms with van der Waals surface area (Å²) in [7, 11) is 1.69. The molecule has 2 rings (SSSR count). The number of nitrogens with two attached hydrogens (primary N) is 1. The zero-order valence-corrected chi connectivity index (χ0v) is 15.6. The van der Waals surface area contributed by atoms with Gasteiger partial charge in [0.05, 0.1) is 12.2 Å². The lowest BCUT2D eigenvalue weighted by atomic mass is 10.1. The molecule has 1 heterocycles. The number of carbonyl (C=O) groups is 2. The van der Waals surface area contributed by atoms with Gasteiger partial charge in [-0.1, -0.05) is 12.1 Å². The summed E-state index contributed by atoms with van der Waals surface area (Å²) in [5.41, 5.74) is 6.73. The number of piperidine rings is 1. The van der Waals surface area contributed by atoms with Crippen molar-refractivity contribution in [3.63, 3.8) is 0 Å². The van der Waals surface area contributed by atoms with Crippen LogP contribution >= 0.6 is 0 Å². The van der Waals surface area contributed by atoms with Crippen LogP contribution in [-0.4, -0.2) is 55.4 Å². The lowest BCUT2D eigenvalue weighted by Gasteiger charge is -2.30. The van der Waals surface area contributed by atoms with Crippen molar-refractivity contribution in [2.75, 3.05) is 20.2 Å². The van der Waals surface area contributed by atoms with Gasteiger partial charge in [-0.05, 0) is 50.8 Å². The molecule has 0 bridgehead atoms. The maximum absolute atomic E-state index is 12.2. The summed E-state index contributed by atoms with van der Waals surface area (Å²) in [5.74, 6) is 0.0425. The molecular formula is C19H28N2O5. The Morgan fingerprint density at radius 3 is 2.35 bits per heavy atom. The van der Waals surface area contributed by atoms with Crippen molar-refractivity contribution in [2.24, 2.45) is 5.73 Å². The molecule has 1 saturated heterocycles. The summed E-state index contributed by atoms with van der Waals surface area (Å²) < 4.78 is 15.8. The van der Waals surface area contributed by atoms with E-state index in [4.69, 9.17) is 19.9 Å². The van der Waals surface area contributed by atoms with Gasteiger partial charge in [-0.3, -0.25) is 4.79 Å². The van der Waals surface area contributed by atoms with Crippen LogP contribution in [0.25, 0.3) is 0 Å². The average Bonchev–Trinajstić information content (AvgIpc) is 2.62. The molecule has 1 atom stereocenters. The molecule has 7 heteroatoms. The first-order chi connectivity index (χ1) is 12.4. The monoisotopic (exact) mass is 364 g/mol. The van der Waals surface area contributed by atoms with Crippen LogP contribution in [0.4, 0.5) is 4.79 Å². The van der Waals surface area contributed by atoms with Gasteiger partial charge in [0, 0.05) is 20.2 Å². The molecule has 0 aromatic heterocycles. The molecule has 1 amide bonds. The first-order valence-corrected chi connectivity index (χ1v) is 8.93. The van der Waals surface area contributed by atoms with E-state index in [1.165, 1.54) is 0 Å². The van der Waals surface area contributed by atoms with Crippen molar-refractivity contribution < 1.29 is 23.8 Å². The standard InChI is InChI=1S/C19H28N2O5/c1-13(2)25-18(22)17(20)12-14-4-6-16(7-5-14)26-19(23)21-10-8-15(24-3)9-11-21/h4-7,13,15,17H,8-12,20H2,1-3H3/t17-/m0/s1. The van der Waals surface area contributed by atoms with Crippen molar-refractivity contribution in [2.45, 2.75) is 51.4 Å². The van der Waals surface area contributed by atoms with Crippen LogP contribution in [0.2, 0.25) is 0 Å². The smallest absolute Gasteiger partial charge is 0.415 e. The van der Waals surface area contributed by atoms with Crippen molar-refractivity contribution in [1.29, 1.82) is 0 Å². The van der Waals surface area contributed by atoms with Crippen molar-refractivity contribution >= 4 is 12.1 Å². The molecule has 26 heavy (non-hydrogen) atoms. The highest BCUT2D eigenvalue weighted by atomic mass is 16.6. The van der Waals surface area contributed by atoms with Gasteiger partial charge in [0.15, 0.2) is 0 Å². The lowest BCUT2D eigenvalue weighted by Crippen LogP contribution is -2.42. The molecule has 7 nitrogen and oxygen atoms in total. The number of amides is 1. The number of benzene rings is 1. The van der Waals surface area contributed by atoms with E-state index in [9.17, 15) is 9.59 Å². The van der Waals surface area contributed by atoms with Crippen LogP contribution in [0.5, 0.6) is 5.75 Å². The number of ether oxygens (including phenoxy) is 3. The molecule has 2 N–H and O–H groups in total. The quantitative estimate of drug-likeness (QED) is 0.778. The molecule has 144 valence electrons. The third kappa shape index (κ3) is 6.00. The Kier molecular flexibility index (Phi) is 7.41. The molecule has 0 spiro atoms. The fraction of sp³-hybridized carbons (Fsp3) is 0.579. The van der Waals surface area contributed by atoms with Gasteiger partial charge in [0.1, 0.15) is 11.8 Å². The number of nitrogens with zero attached hydrogens (tertiary/aromatic N) is 1. The Morgan fingerprint density at radius 2 is 1.81 bits per heavy atom. The van der Waals surface area contributed by atoms with Crippen molar-refractivity contribution in [3.8, 4) is 5.75 Å². The highest BCUT2D eigenvalue weighted by molar-refractivity contribution is 5.76. The second kappa shape index (κ2) is 9.54. The van der Waals surface area contributed by atoms with Crippen LogP contribution < -0.4 is 10.5 Å². The summed E-state index contributed by atoms with van der Waals surface area (Å²) in [4.78, 5) is 25.6. The molecule has 0 radical (unpaired) electrons. The Morgan fingerprint density at radius 1 is 1.19 bits per heavy atom. The van der Waals surface area contributed by atoms with E-state index in [2.05, 4.69) is 0 Å². The van der Waals surface area contributed by atoms with Gasteiger partial charge < -0.3 is 24.8 Å². The summed E-state index contributed by atoms with van der Waals surface area (Å²) in [6.07, 6.45) is 1.66. The van der Waals surface area contributed by atoms with E-state index in [-0.39, 0.29) is 18.3 Å². The molecule has 1 fully saturated rings. The first kappa shape index (κ1) is 20.2. The molecule has 0 saturated carbocycles. The van der Waals surface area contributed by atoms with E-state index in [1.807, 2.05) is 0 Å². The topological polar surface area (TPSA) is 91.1 Å². The number of methoxy groups -OCH3 is 1. The number of rotatable bonds is 6. The maximum atomic E-state index is 12.2. The molecule has 1 aliphatic heterocycles. The Hall–Kier alpha value is -2.12. The lowest BCUT2D eigenvalue weighted by molar-refractivity contribution is -0.148. The van der Waals surface area contributed by atoms with E-state index in [0.717, 1.165) is 18.4 Å². The predicted octanol–water partition coefficient (Wildman–Crippen LogP) is 2.12. The number of hydrogen-bond donors (Lipinski definition) is 1. The molecule has 1 aromatic rings. The van der Waals surface area contributed by atoms with E-state index in [1.54, 1.807) is 50.1 Å². The molecular weight excluding hydrogens is 336 g/mol. The highest BCUT2D eigenvalue weighted by Crippen LogP contribution is 2.18. The SMILES string of the molecule is COC1CCN(C(=O)Oc2ccc(C[C@H](N)C(=O)OC(C)C)cc2)CC1. The minimum Gasteiger partial charge on any atom is -0.462 e. The van der Waals surface area contributed by atoms with Crippen molar-refractivity contribution in [3.05, 3.63) is 29.8 Å². The Labute approximate surface area is 154 Å². The highest BCUT2D eigenvalue weighted by Gasteiger charge is 2.24. The number of likely N-dealkylation sites (tertiary alicyclic amines) is 1. The van der Waals surface area contributed by atoms with Gasteiger partial charge in [-0.15, -0.1) is 0 Å². The van der Waals surface area contributed by atoms with Gasteiger partial charge in [0.25, 0.3) is 0 Å². The minimum absolute atomic E-state index is 0.190. The largest absolute Gasteiger partial charge is 0.462 e. The van der Waals surface area contributed by atoms with Gasteiger partial charge in [0.2, 0.25) is 0 Å². The van der Waals surface area contributed by atoms with Gasteiger partial charge in [-0.2, -0.15) is 0 Å². The van der Waals surface area contributed by atoms with Crippen LogP contribution in [-0.2, 0) is 20.7 Å². The summed E-state index contributed by atoms with van der Waals surface area (Å²) >= 11 is 0. The second-order valence-corrected chi connectivity index (χ2v) is 6.73. The third-order valence-corrected chi connectivity index (χ3v) is 4.27. The van der Waals surface area contributed by atoms with Crippen LogP contribution in [0, 0.1) is 0 Å². The zero-order chi connectivity index (χ0) is 19.1. The summed E-state index contributed by atoms with van der Waals surface area (Å²) in [5, 5.41) is 0. The summed E-state index contributed by atoms with van der Waals surface area (Å²) in [6.45, 7) is 4.82. The Bertz CT molecular complexity index is 594. The fourth-order valence-electron chi connectivity index (χ4n) is 2.79. The van der Waals surface area contributed by atoms with Crippen LogP contribution in [0.15, 0.2) is 24.3 Å². The van der Waals surface area contributed by atoms with E-state index in [0.29, 0.717) is 25.3 Å². The molecule has 1 aliphatic rings. The van der Waals surface area contributed by atoms with Gasteiger partial charge >= 0.3 is 12.1 Å². The number of esters is 1. The zero-order valence-electron chi connectivity index (χ0n) is 15.6. The van der Waals surface area contributed by atoms with Crippen molar-refractivity contribution in [1.82, 2.24) is 4.90 Å². The van der Waals surface area contributed by atoms with Gasteiger partial charge in [-0.25, -0.2) is 4.79 Å². The average molecular weight is 364 g/mol. The second-order valence-electron chi connectivity index (χ2n) is 6.73. The van der Waals surface area contributed by atoms with Crippen LogP contribution in [0.3, 0.4) is 0 Å². The Balaban J connectivity index is 1.83. The van der Waals surface area contributed by atoms with E-state index >= 15 is 0 Å². The third-order valence-electron chi connectivity index (χ3n) is 4.27. The normalized spacial score (nSPS) is 16.4. The maximum Gasteiger partial charge on any atom is 0.415 e. The van der Waals surface area contributed by atoms with E-state index < -0.39 is 12.0 Å². The predicted molar refractivity (Wildman–Crippen MR) is 97.0 cm³/mol. The summed E-state index contributed by atoms with van der Waals surface area (Å²) in [6, 6.07) is 6.28. The molecule has 1 aromatic carbocycles.